The van der Waals surface area contributed by atoms with Crippen molar-refractivity contribution in [2.24, 2.45) is 29.6 Å². The van der Waals surface area contributed by atoms with Gasteiger partial charge in [0.15, 0.2) is 0 Å². The lowest BCUT2D eigenvalue weighted by molar-refractivity contribution is -0.144. The van der Waals surface area contributed by atoms with Crippen molar-refractivity contribution in [3.05, 3.63) is 35.9 Å². The lowest BCUT2D eigenvalue weighted by Gasteiger charge is -2.46. The lowest BCUT2D eigenvalue weighted by Crippen LogP contribution is -2.46. The summed E-state index contributed by atoms with van der Waals surface area (Å²) in [6.07, 6.45) is 7.83. The molecule has 7 atom stereocenters. The zero-order valence-electron chi connectivity index (χ0n) is 17.7. The molecule has 0 spiro atoms. The van der Waals surface area contributed by atoms with Crippen LogP contribution in [0.1, 0.15) is 51.0 Å². The van der Waals surface area contributed by atoms with Gasteiger partial charge in [0.05, 0.1) is 18.6 Å². The fraction of sp³-hybridized carbons (Fsp3) is 0.720. The van der Waals surface area contributed by atoms with E-state index in [-0.39, 0.29) is 18.0 Å². The van der Waals surface area contributed by atoms with Crippen molar-refractivity contribution in [1.82, 2.24) is 4.90 Å². The van der Waals surface area contributed by atoms with Crippen LogP contribution in [0.3, 0.4) is 0 Å². The molecule has 0 bridgehead atoms. The van der Waals surface area contributed by atoms with Gasteiger partial charge >= 0.3 is 5.97 Å². The Morgan fingerprint density at radius 2 is 1.97 bits per heavy atom. The first kappa shape index (κ1) is 19.6. The molecule has 0 radical (unpaired) electrons. The van der Waals surface area contributed by atoms with Crippen LogP contribution in [0.5, 0.6) is 0 Å². The minimum atomic E-state index is 0.0575. The molecule has 2 aliphatic heterocycles. The van der Waals surface area contributed by atoms with Crippen LogP contribution in [-0.2, 0) is 20.8 Å². The van der Waals surface area contributed by atoms with Crippen LogP contribution in [0.25, 0.3) is 0 Å². The number of benzene rings is 1. The molecule has 4 aliphatic rings. The number of carbonyl (C=O) groups is 1. The van der Waals surface area contributed by atoms with E-state index in [0.29, 0.717) is 23.9 Å². The summed E-state index contributed by atoms with van der Waals surface area (Å²) in [5, 5.41) is 0. The molecule has 29 heavy (non-hydrogen) atoms. The van der Waals surface area contributed by atoms with Crippen LogP contribution in [0.2, 0.25) is 0 Å². The Balaban J connectivity index is 1.21. The van der Waals surface area contributed by atoms with Crippen molar-refractivity contribution < 1.29 is 14.3 Å². The van der Waals surface area contributed by atoms with Gasteiger partial charge in [-0.15, -0.1) is 0 Å². The summed E-state index contributed by atoms with van der Waals surface area (Å²) in [5.74, 6) is 2.47. The van der Waals surface area contributed by atoms with E-state index >= 15 is 0 Å². The van der Waals surface area contributed by atoms with E-state index in [1.165, 1.54) is 31.2 Å². The number of ether oxygens (including phenoxy) is 2. The number of rotatable bonds is 5. The summed E-state index contributed by atoms with van der Waals surface area (Å²) < 4.78 is 12.2. The maximum absolute atomic E-state index is 12.4. The highest BCUT2D eigenvalue weighted by molar-refractivity contribution is 5.75. The Labute approximate surface area is 174 Å². The van der Waals surface area contributed by atoms with Crippen molar-refractivity contribution in [3.63, 3.8) is 0 Å². The van der Waals surface area contributed by atoms with E-state index in [1.54, 1.807) is 0 Å². The number of cyclic esters (lactones) is 1. The number of likely N-dealkylation sites (tertiary alicyclic amines) is 1. The van der Waals surface area contributed by atoms with E-state index in [1.807, 2.05) is 0 Å². The van der Waals surface area contributed by atoms with Gasteiger partial charge in [0.25, 0.3) is 0 Å². The van der Waals surface area contributed by atoms with Crippen LogP contribution in [-0.4, -0.2) is 42.8 Å². The Morgan fingerprint density at radius 3 is 2.83 bits per heavy atom. The molecular formula is C25H35NO3. The van der Waals surface area contributed by atoms with Gasteiger partial charge in [-0.25, -0.2) is 0 Å². The van der Waals surface area contributed by atoms with Crippen molar-refractivity contribution >= 4 is 5.97 Å². The number of fused-ring (bicyclic) bond motifs is 2. The van der Waals surface area contributed by atoms with Gasteiger partial charge in [-0.05, 0) is 49.5 Å². The number of carbonyl (C=O) groups excluding carboxylic acids is 1. The largest absolute Gasteiger partial charge is 0.462 e. The summed E-state index contributed by atoms with van der Waals surface area (Å²) >= 11 is 0. The van der Waals surface area contributed by atoms with Gasteiger partial charge in [-0.3, -0.25) is 9.69 Å². The van der Waals surface area contributed by atoms with Crippen molar-refractivity contribution in [2.45, 2.75) is 64.2 Å². The lowest BCUT2D eigenvalue weighted by atomic mass is 9.57. The second kappa shape index (κ2) is 8.39. The van der Waals surface area contributed by atoms with Crippen molar-refractivity contribution in [3.8, 4) is 0 Å². The topological polar surface area (TPSA) is 38.8 Å². The maximum atomic E-state index is 12.4. The molecule has 2 saturated carbocycles. The van der Waals surface area contributed by atoms with E-state index in [2.05, 4.69) is 42.2 Å². The number of hydrogen-bond donors (Lipinski definition) is 0. The average Bonchev–Trinajstić information content (AvgIpc) is 3.30. The van der Waals surface area contributed by atoms with E-state index < -0.39 is 0 Å². The quantitative estimate of drug-likeness (QED) is 0.695. The van der Waals surface area contributed by atoms with Crippen LogP contribution in [0, 0.1) is 29.6 Å². The van der Waals surface area contributed by atoms with Crippen LogP contribution >= 0.6 is 0 Å². The molecular weight excluding hydrogens is 362 g/mol. The second-order valence-corrected chi connectivity index (χ2v) is 9.90. The molecule has 1 aromatic rings. The Kier molecular flexibility index (Phi) is 5.66. The van der Waals surface area contributed by atoms with Gasteiger partial charge in [0.2, 0.25) is 0 Å². The first-order chi connectivity index (χ1) is 14.2. The highest BCUT2D eigenvalue weighted by Crippen LogP contribution is 2.53. The maximum Gasteiger partial charge on any atom is 0.309 e. The standard InChI is InChI=1S/C25H35NO3/c1-17-24-22(25(27)29-17)13-19-9-5-6-10-21(19)23(24)16-28-20-11-12-26(15-20)14-18-7-3-2-4-8-18/h2-4,7-8,17,19-24H,5-6,9-16H2,1H3/t17?,19?,20-,21?,22?,23?,24?/m0/s1. The summed E-state index contributed by atoms with van der Waals surface area (Å²) in [7, 11) is 0. The molecule has 5 rings (SSSR count). The van der Waals surface area contributed by atoms with Crippen LogP contribution in [0.15, 0.2) is 30.3 Å². The third kappa shape index (κ3) is 3.98. The van der Waals surface area contributed by atoms with Crippen molar-refractivity contribution in [2.75, 3.05) is 19.7 Å². The highest BCUT2D eigenvalue weighted by atomic mass is 16.6. The Hall–Kier alpha value is -1.39. The van der Waals surface area contributed by atoms with Gasteiger partial charge < -0.3 is 9.47 Å². The molecule has 4 nitrogen and oxygen atoms in total. The molecule has 1 aromatic carbocycles. The van der Waals surface area contributed by atoms with Crippen molar-refractivity contribution in [1.29, 1.82) is 0 Å². The molecule has 2 aliphatic carbocycles. The van der Waals surface area contributed by atoms with Gasteiger partial charge in [-0.2, -0.15) is 0 Å². The molecule has 158 valence electrons. The number of nitrogens with zero attached hydrogens (tertiary/aromatic N) is 1. The minimum absolute atomic E-state index is 0.0575. The normalized spacial score (nSPS) is 39.8. The fourth-order valence-electron chi connectivity index (χ4n) is 6.84. The first-order valence-corrected chi connectivity index (χ1v) is 11.8. The molecule has 0 aromatic heterocycles. The molecule has 0 amide bonds. The monoisotopic (exact) mass is 397 g/mol. The third-order valence-corrected chi connectivity index (χ3v) is 8.18. The molecule has 4 heteroatoms. The zero-order chi connectivity index (χ0) is 19.8. The molecule has 2 saturated heterocycles. The Morgan fingerprint density at radius 1 is 1.14 bits per heavy atom. The van der Waals surface area contributed by atoms with Crippen LogP contribution < -0.4 is 0 Å². The molecule has 0 N–H and O–H groups in total. The summed E-state index contributed by atoms with van der Waals surface area (Å²) in [6.45, 7) is 6.07. The predicted octanol–water partition coefficient (Wildman–Crippen LogP) is 4.28. The molecule has 2 heterocycles. The zero-order valence-corrected chi connectivity index (χ0v) is 17.7. The van der Waals surface area contributed by atoms with Crippen LogP contribution in [0.4, 0.5) is 0 Å². The van der Waals surface area contributed by atoms with E-state index in [4.69, 9.17) is 9.47 Å². The van der Waals surface area contributed by atoms with Gasteiger partial charge in [0, 0.05) is 25.6 Å². The third-order valence-electron chi connectivity index (χ3n) is 8.18. The summed E-state index contributed by atoms with van der Waals surface area (Å²) in [4.78, 5) is 15.0. The van der Waals surface area contributed by atoms with Gasteiger partial charge in [0.1, 0.15) is 6.10 Å². The predicted molar refractivity (Wildman–Crippen MR) is 112 cm³/mol. The van der Waals surface area contributed by atoms with E-state index in [0.717, 1.165) is 45.0 Å². The molecule has 4 fully saturated rings. The van der Waals surface area contributed by atoms with E-state index in [9.17, 15) is 4.79 Å². The fourth-order valence-corrected chi connectivity index (χ4v) is 6.84. The Bertz CT molecular complexity index is 707. The first-order valence-electron chi connectivity index (χ1n) is 11.8. The second-order valence-electron chi connectivity index (χ2n) is 9.90. The molecule has 6 unspecified atom stereocenters. The highest BCUT2D eigenvalue weighted by Gasteiger charge is 2.54. The minimum Gasteiger partial charge on any atom is -0.462 e. The number of hydrogen-bond acceptors (Lipinski definition) is 4. The summed E-state index contributed by atoms with van der Waals surface area (Å²) in [5.41, 5.74) is 1.38. The average molecular weight is 398 g/mol. The smallest absolute Gasteiger partial charge is 0.309 e. The van der Waals surface area contributed by atoms with Gasteiger partial charge in [-0.1, -0.05) is 49.6 Å². The SMILES string of the molecule is CC1OC(=O)C2CC3CCCCC3C(CO[C@H]3CCN(Cc4ccccc4)C3)C12. The number of esters is 1. The summed E-state index contributed by atoms with van der Waals surface area (Å²) in [6, 6.07) is 10.7.